The number of para-hydroxylation sites is 2. The van der Waals surface area contributed by atoms with Gasteiger partial charge in [0.2, 0.25) is 0 Å². The number of hydrogen-bond donors (Lipinski definition) is 1. The lowest BCUT2D eigenvalue weighted by atomic mass is 10.1. The Hall–Kier alpha value is -3.53. The van der Waals surface area contributed by atoms with Crippen molar-refractivity contribution in [2.45, 2.75) is 0 Å². The molecule has 0 fully saturated rings. The van der Waals surface area contributed by atoms with Gasteiger partial charge in [-0.15, -0.1) is 0 Å². The molecule has 4 nitrogen and oxygen atoms in total. The third-order valence-electron chi connectivity index (χ3n) is 4.15. The number of carboxylic acid groups (broad SMARTS) is 1. The van der Waals surface area contributed by atoms with Gasteiger partial charge in [-0.05, 0) is 42.0 Å². The first-order chi connectivity index (χ1) is 12.7. The van der Waals surface area contributed by atoms with Crippen LogP contribution in [0.3, 0.4) is 0 Å². The zero-order chi connectivity index (χ0) is 17.9. The predicted molar refractivity (Wildman–Crippen MR) is 101 cm³/mol. The molecule has 0 radical (unpaired) electrons. The molecule has 26 heavy (non-hydrogen) atoms. The van der Waals surface area contributed by atoms with Crippen LogP contribution in [0.4, 0.5) is 0 Å². The van der Waals surface area contributed by atoms with E-state index in [4.69, 9.17) is 9.15 Å². The van der Waals surface area contributed by atoms with Gasteiger partial charge in [-0.25, -0.2) is 4.79 Å². The fourth-order valence-electron chi connectivity index (χ4n) is 2.88. The summed E-state index contributed by atoms with van der Waals surface area (Å²) in [6, 6.07) is 22.6. The molecule has 0 saturated heterocycles. The molecule has 0 aliphatic rings. The van der Waals surface area contributed by atoms with Gasteiger partial charge in [-0.2, -0.15) is 0 Å². The Kier molecular flexibility index (Phi) is 4.15. The summed E-state index contributed by atoms with van der Waals surface area (Å²) in [7, 11) is 0. The quantitative estimate of drug-likeness (QED) is 0.510. The summed E-state index contributed by atoms with van der Waals surface area (Å²) in [5.74, 6) is -0.367. The molecule has 0 aliphatic heterocycles. The summed E-state index contributed by atoms with van der Waals surface area (Å²) in [5, 5.41) is 11.5. The van der Waals surface area contributed by atoms with Crippen LogP contribution in [0, 0.1) is 0 Å². The molecular weight excluding hydrogens is 328 g/mol. The molecule has 0 aliphatic carbocycles. The molecule has 1 heterocycles. The number of fused-ring (bicyclic) bond motifs is 3. The maximum Gasteiger partial charge on any atom is 0.335 e. The number of carbonyl (C=O) groups is 1. The van der Waals surface area contributed by atoms with E-state index >= 15 is 0 Å². The fraction of sp³-hybridized carbons (Fsp3) is 0.0455. The highest BCUT2D eigenvalue weighted by Crippen LogP contribution is 2.29. The Labute approximate surface area is 149 Å². The highest BCUT2D eigenvalue weighted by molar-refractivity contribution is 6.05. The van der Waals surface area contributed by atoms with Crippen LogP contribution in [0.5, 0.6) is 5.75 Å². The van der Waals surface area contributed by atoms with Gasteiger partial charge in [-0.1, -0.05) is 42.5 Å². The van der Waals surface area contributed by atoms with Crippen LogP contribution in [-0.4, -0.2) is 17.7 Å². The van der Waals surface area contributed by atoms with E-state index in [1.54, 1.807) is 18.2 Å². The molecule has 4 heteroatoms. The number of rotatable bonds is 5. The van der Waals surface area contributed by atoms with Gasteiger partial charge in [0.05, 0.1) is 5.57 Å². The summed E-state index contributed by atoms with van der Waals surface area (Å²) in [5.41, 5.74) is 2.56. The van der Waals surface area contributed by atoms with Crippen LogP contribution in [0.25, 0.3) is 28.0 Å². The second-order valence-electron chi connectivity index (χ2n) is 5.93. The maximum atomic E-state index is 11.6. The minimum atomic E-state index is -1.00. The number of furan rings is 1. The van der Waals surface area contributed by atoms with E-state index in [0.717, 1.165) is 27.5 Å². The minimum absolute atomic E-state index is 0.0104. The third kappa shape index (κ3) is 3.17. The lowest BCUT2D eigenvalue weighted by Gasteiger charge is -2.07. The van der Waals surface area contributed by atoms with Crippen molar-refractivity contribution < 1.29 is 19.1 Å². The molecule has 0 atom stereocenters. The van der Waals surface area contributed by atoms with E-state index in [1.807, 2.05) is 60.7 Å². The molecular formula is C22H16O4. The van der Waals surface area contributed by atoms with Gasteiger partial charge in [-0.3, -0.25) is 0 Å². The second-order valence-corrected chi connectivity index (χ2v) is 5.93. The van der Waals surface area contributed by atoms with Crippen LogP contribution < -0.4 is 4.74 Å². The third-order valence-corrected chi connectivity index (χ3v) is 4.15. The zero-order valence-electron chi connectivity index (χ0n) is 13.9. The number of hydrogen-bond acceptors (Lipinski definition) is 3. The van der Waals surface area contributed by atoms with Gasteiger partial charge in [0.1, 0.15) is 23.5 Å². The standard InChI is InChI=1S/C22H16O4/c23-22(24)16(14-25-17-6-2-1-3-7-17)12-15-10-11-21-19(13-15)18-8-4-5-9-20(18)26-21/h1-13H,14H2,(H,23,24)/b16-12+. The predicted octanol–water partition coefficient (Wildman–Crippen LogP) is 5.13. The van der Waals surface area contributed by atoms with E-state index in [0.29, 0.717) is 5.75 Å². The average Bonchev–Trinajstić information content (AvgIpc) is 3.04. The normalized spacial score (nSPS) is 11.8. The molecule has 4 aromatic rings. The fourth-order valence-corrected chi connectivity index (χ4v) is 2.88. The summed E-state index contributed by atoms with van der Waals surface area (Å²) < 4.78 is 11.4. The molecule has 4 rings (SSSR count). The molecule has 1 N–H and O–H groups in total. The topological polar surface area (TPSA) is 59.7 Å². The molecule has 128 valence electrons. The van der Waals surface area contributed by atoms with Gasteiger partial charge in [0.15, 0.2) is 0 Å². The van der Waals surface area contributed by atoms with Crippen molar-refractivity contribution in [1.82, 2.24) is 0 Å². The van der Waals surface area contributed by atoms with E-state index in [9.17, 15) is 9.90 Å². The SMILES string of the molecule is O=C(O)/C(=C/c1ccc2oc3ccccc3c2c1)COc1ccccc1. The van der Waals surface area contributed by atoms with E-state index in [1.165, 1.54) is 0 Å². The van der Waals surface area contributed by atoms with Gasteiger partial charge >= 0.3 is 5.97 Å². The highest BCUT2D eigenvalue weighted by atomic mass is 16.5. The van der Waals surface area contributed by atoms with Crippen LogP contribution in [0.2, 0.25) is 0 Å². The molecule has 0 amide bonds. The zero-order valence-corrected chi connectivity index (χ0v) is 13.9. The van der Waals surface area contributed by atoms with E-state index in [-0.39, 0.29) is 12.2 Å². The Morgan fingerprint density at radius 2 is 1.65 bits per heavy atom. The van der Waals surface area contributed by atoms with Crippen LogP contribution >= 0.6 is 0 Å². The Bertz CT molecular complexity index is 1110. The summed E-state index contributed by atoms with van der Waals surface area (Å²) in [6.07, 6.45) is 1.63. The number of ether oxygens (including phenoxy) is 1. The summed E-state index contributed by atoms with van der Waals surface area (Å²) >= 11 is 0. The smallest absolute Gasteiger partial charge is 0.335 e. The van der Waals surface area contributed by atoms with Crippen molar-refractivity contribution in [3.05, 3.63) is 83.9 Å². The maximum absolute atomic E-state index is 11.6. The van der Waals surface area contributed by atoms with Crippen molar-refractivity contribution >= 4 is 34.0 Å². The lowest BCUT2D eigenvalue weighted by molar-refractivity contribution is -0.132. The second kappa shape index (κ2) is 6.76. The van der Waals surface area contributed by atoms with Crippen molar-refractivity contribution in [2.75, 3.05) is 6.61 Å². The first-order valence-electron chi connectivity index (χ1n) is 8.24. The van der Waals surface area contributed by atoms with Crippen molar-refractivity contribution in [1.29, 1.82) is 0 Å². The molecule has 3 aromatic carbocycles. The largest absolute Gasteiger partial charge is 0.489 e. The Morgan fingerprint density at radius 3 is 2.46 bits per heavy atom. The monoisotopic (exact) mass is 344 g/mol. The molecule has 0 unspecified atom stereocenters. The van der Waals surface area contributed by atoms with Gasteiger partial charge < -0.3 is 14.3 Å². The number of benzene rings is 3. The van der Waals surface area contributed by atoms with E-state index < -0.39 is 5.97 Å². The Morgan fingerprint density at radius 1 is 0.923 bits per heavy atom. The van der Waals surface area contributed by atoms with E-state index in [2.05, 4.69) is 0 Å². The van der Waals surface area contributed by atoms with Crippen LogP contribution in [0.1, 0.15) is 5.56 Å². The number of carboxylic acids is 1. The summed E-state index contributed by atoms with van der Waals surface area (Å²) in [4.78, 5) is 11.6. The molecule has 0 saturated carbocycles. The van der Waals surface area contributed by atoms with Crippen LogP contribution in [0.15, 0.2) is 82.8 Å². The van der Waals surface area contributed by atoms with Crippen molar-refractivity contribution in [3.63, 3.8) is 0 Å². The first-order valence-corrected chi connectivity index (χ1v) is 8.24. The first kappa shape index (κ1) is 16.0. The summed E-state index contributed by atoms with van der Waals surface area (Å²) in [6.45, 7) is -0.0104. The molecule has 0 bridgehead atoms. The van der Waals surface area contributed by atoms with Crippen molar-refractivity contribution in [3.8, 4) is 5.75 Å². The molecule has 0 spiro atoms. The van der Waals surface area contributed by atoms with Gasteiger partial charge in [0.25, 0.3) is 0 Å². The average molecular weight is 344 g/mol. The highest BCUT2D eigenvalue weighted by Gasteiger charge is 2.11. The van der Waals surface area contributed by atoms with Crippen molar-refractivity contribution in [2.24, 2.45) is 0 Å². The van der Waals surface area contributed by atoms with Gasteiger partial charge in [0, 0.05) is 10.8 Å². The minimum Gasteiger partial charge on any atom is -0.489 e. The molecule has 1 aromatic heterocycles. The Balaban J connectivity index is 1.67. The lowest BCUT2D eigenvalue weighted by Crippen LogP contribution is -2.10. The number of aliphatic carboxylic acids is 1. The van der Waals surface area contributed by atoms with Crippen LogP contribution in [-0.2, 0) is 4.79 Å².